The Bertz CT molecular complexity index is 562. The average molecular weight is 341 g/mol. The first-order valence-corrected chi connectivity index (χ1v) is 10.5. The SMILES string of the molecule is CCCCCC1CCC(C2CC=C(c3cc(N)cc(N)c3)CC2)CC1. The number of anilines is 2. The van der Waals surface area contributed by atoms with E-state index in [4.69, 9.17) is 11.5 Å². The number of allylic oxidation sites excluding steroid dienone is 2. The van der Waals surface area contributed by atoms with E-state index in [1.165, 1.54) is 81.8 Å². The summed E-state index contributed by atoms with van der Waals surface area (Å²) in [6.07, 6.45) is 17.8. The average Bonchev–Trinajstić information content (AvgIpc) is 2.62. The Balaban J connectivity index is 1.50. The number of nitrogen functional groups attached to an aromatic ring is 2. The van der Waals surface area contributed by atoms with Gasteiger partial charge >= 0.3 is 0 Å². The zero-order chi connectivity index (χ0) is 17.6. The second-order valence-corrected chi connectivity index (χ2v) is 8.43. The molecule has 0 amide bonds. The van der Waals surface area contributed by atoms with Crippen molar-refractivity contribution in [1.82, 2.24) is 0 Å². The zero-order valence-electron chi connectivity index (χ0n) is 16.0. The highest BCUT2D eigenvalue weighted by Crippen LogP contribution is 2.42. The first-order valence-electron chi connectivity index (χ1n) is 10.5. The lowest BCUT2D eigenvalue weighted by Crippen LogP contribution is -2.23. The smallest absolute Gasteiger partial charge is 0.0340 e. The molecule has 0 spiro atoms. The minimum Gasteiger partial charge on any atom is -0.399 e. The molecule has 0 aromatic heterocycles. The molecule has 2 nitrogen and oxygen atoms in total. The van der Waals surface area contributed by atoms with Crippen molar-refractivity contribution in [2.45, 2.75) is 77.6 Å². The van der Waals surface area contributed by atoms with Gasteiger partial charge in [-0.3, -0.25) is 0 Å². The van der Waals surface area contributed by atoms with Crippen molar-refractivity contribution in [3.8, 4) is 0 Å². The van der Waals surface area contributed by atoms with Gasteiger partial charge in [-0.25, -0.2) is 0 Å². The van der Waals surface area contributed by atoms with E-state index in [-0.39, 0.29) is 0 Å². The fourth-order valence-electron chi connectivity index (χ4n) is 5.04. The third-order valence-corrected chi connectivity index (χ3v) is 6.57. The van der Waals surface area contributed by atoms with Gasteiger partial charge in [0.15, 0.2) is 0 Å². The summed E-state index contributed by atoms with van der Waals surface area (Å²) in [6, 6.07) is 5.99. The molecular formula is C23H36N2. The summed E-state index contributed by atoms with van der Waals surface area (Å²) >= 11 is 0. The van der Waals surface area contributed by atoms with Crippen molar-refractivity contribution in [1.29, 1.82) is 0 Å². The van der Waals surface area contributed by atoms with Crippen molar-refractivity contribution in [3.05, 3.63) is 29.8 Å². The molecule has 25 heavy (non-hydrogen) atoms. The lowest BCUT2D eigenvalue weighted by Gasteiger charge is -2.35. The molecule has 1 aromatic rings. The van der Waals surface area contributed by atoms with E-state index in [1.54, 1.807) is 0 Å². The van der Waals surface area contributed by atoms with Crippen LogP contribution in [0.15, 0.2) is 24.3 Å². The largest absolute Gasteiger partial charge is 0.399 e. The number of rotatable bonds is 6. The predicted molar refractivity (Wildman–Crippen MR) is 110 cm³/mol. The lowest BCUT2D eigenvalue weighted by atomic mass is 9.70. The molecule has 4 N–H and O–H groups in total. The Hall–Kier alpha value is -1.44. The third kappa shape index (κ3) is 5.03. The van der Waals surface area contributed by atoms with Crippen molar-refractivity contribution >= 4 is 16.9 Å². The van der Waals surface area contributed by atoms with E-state index in [0.717, 1.165) is 29.1 Å². The molecule has 0 bridgehead atoms. The van der Waals surface area contributed by atoms with E-state index in [0.29, 0.717) is 0 Å². The second-order valence-electron chi connectivity index (χ2n) is 8.43. The summed E-state index contributed by atoms with van der Waals surface area (Å²) in [5, 5.41) is 0. The van der Waals surface area contributed by atoms with E-state index in [2.05, 4.69) is 25.1 Å². The summed E-state index contributed by atoms with van der Waals surface area (Å²) in [4.78, 5) is 0. The highest BCUT2D eigenvalue weighted by Gasteiger charge is 2.28. The highest BCUT2D eigenvalue weighted by atomic mass is 14.6. The molecule has 2 aliphatic rings. The molecule has 1 unspecified atom stereocenters. The summed E-state index contributed by atoms with van der Waals surface area (Å²) in [5.41, 5.74) is 16.2. The van der Waals surface area contributed by atoms with E-state index in [1.807, 2.05) is 6.07 Å². The molecule has 1 fully saturated rings. The van der Waals surface area contributed by atoms with E-state index in [9.17, 15) is 0 Å². The van der Waals surface area contributed by atoms with Crippen LogP contribution in [0.2, 0.25) is 0 Å². The van der Waals surface area contributed by atoms with E-state index >= 15 is 0 Å². The van der Waals surface area contributed by atoms with Crippen molar-refractivity contribution in [2.75, 3.05) is 11.5 Å². The number of nitrogens with two attached hydrogens (primary N) is 2. The maximum atomic E-state index is 5.96. The first-order chi connectivity index (χ1) is 12.2. The van der Waals surface area contributed by atoms with Gasteiger partial charge < -0.3 is 11.5 Å². The Morgan fingerprint density at radius 2 is 1.60 bits per heavy atom. The maximum Gasteiger partial charge on any atom is 0.0340 e. The van der Waals surface area contributed by atoms with Crippen LogP contribution in [0.1, 0.15) is 83.1 Å². The summed E-state index contributed by atoms with van der Waals surface area (Å²) < 4.78 is 0. The molecule has 1 aromatic carbocycles. The number of unbranched alkanes of at least 4 members (excludes halogenated alkanes) is 2. The second kappa shape index (κ2) is 8.78. The van der Waals surface area contributed by atoms with Crippen LogP contribution in [0.25, 0.3) is 5.57 Å². The van der Waals surface area contributed by atoms with Gasteiger partial charge in [-0.2, -0.15) is 0 Å². The normalized spacial score (nSPS) is 27.1. The van der Waals surface area contributed by atoms with Gasteiger partial charge in [-0.05, 0) is 79.2 Å². The number of benzene rings is 1. The Kier molecular flexibility index (Phi) is 6.45. The molecule has 2 heteroatoms. The van der Waals surface area contributed by atoms with Crippen LogP contribution >= 0.6 is 0 Å². The van der Waals surface area contributed by atoms with Crippen LogP contribution < -0.4 is 11.5 Å². The predicted octanol–water partition coefficient (Wildman–Crippen LogP) is 6.42. The fourth-order valence-corrected chi connectivity index (χ4v) is 5.04. The minimum absolute atomic E-state index is 0.777. The van der Waals surface area contributed by atoms with Gasteiger partial charge in [0.2, 0.25) is 0 Å². The van der Waals surface area contributed by atoms with E-state index < -0.39 is 0 Å². The molecule has 1 saturated carbocycles. The highest BCUT2D eigenvalue weighted by molar-refractivity contribution is 5.72. The molecule has 138 valence electrons. The molecule has 2 aliphatic carbocycles. The van der Waals surface area contributed by atoms with Crippen LogP contribution in [0.5, 0.6) is 0 Å². The molecule has 0 aliphatic heterocycles. The minimum atomic E-state index is 0.777. The molecule has 0 radical (unpaired) electrons. The zero-order valence-corrected chi connectivity index (χ0v) is 16.0. The molecule has 0 saturated heterocycles. The summed E-state index contributed by atoms with van der Waals surface area (Å²) in [7, 11) is 0. The van der Waals surface area contributed by atoms with Crippen LogP contribution in [0.4, 0.5) is 11.4 Å². The summed E-state index contributed by atoms with van der Waals surface area (Å²) in [5.74, 6) is 2.89. The van der Waals surface area contributed by atoms with Crippen LogP contribution in [0, 0.1) is 17.8 Å². The third-order valence-electron chi connectivity index (χ3n) is 6.57. The quantitative estimate of drug-likeness (QED) is 0.463. The topological polar surface area (TPSA) is 52.0 Å². The summed E-state index contributed by atoms with van der Waals surface area (Å²) in [6.45, 7) is 2.31. The number of hydrogen-bond donors (Lipinski definition) is 2. The monoisotopic (exact) mass is 340 g/mol. The van der Waals surface area contributed by atoms with Gasteiger partial charge in [-0.1, -0.05) is 51.5 Å². The standard InChI is InChI=1S/C23H36N2/c1-2-3-4-5-17-6-8-18(9-7-17)19-10-12-20(13-11-19)21-14-22(24)16-23(25)15-21/h12,14-19H,2-11,13,24-25H2,1H3. The fraction of sp³-hybridized carbons (Fsp3) is 0.652. The molecule has 3 rings (SSSR count). The van der Waals surface area contributed by atoms with Gasteiger partial charge in [0.05, 0.1) is 0 Å². The van der Waals surface area contributed by atoms with Gasteiger partial charge in [-0.15, -0.1) is 0 Å². The Morgan fingerprint density at radius 1 is 0.880 bits per heavy atom. The van der Waals surface area contributed by atoms with Crippen LogP contribution in [0.3, 0.4) is 0 Å². The lowest BCUT2D eigenvalue weighted by molar-refractivity contribution is 0.187. The van der Waals surface area contributed by atoms with Crippen LogP contribution in [-0.2, 0) is 0 Å². The van der Waals surface area contributed by atoms with Crippen LogP contribution in [-0.4, -0.2) is 0 Å². The van der Waals surface area contributed by atoms with Gasteiger partial charge in [0.25, 0.3) is 0 Å². The molecular weight excluding hydrogens is 304 g/mol. The molecule has 1 atom stereocenters. The number of hydrogen-bond acceptors (Lipinski definition) is 2. The van der Waals surface area contributed by atoms with Crippen molar-refractivity contribution in [2.24, 2.45) is 17.8 Å². The first kappa shape index (κ1) is 18.4. The van der Waals surface area contributed by atoms with Crippen molar-refractivity contribution in [3.63, 3.8) is 0 Å². The Labute approximate surface area is 154 Å². The Morgan fingerprint density at radius 3 is 2.20 bits per heavy atom. The maximum absolute atomic E-state index is 5.96. The molecule has 0 heterocycles. The van der Waals surface area contributed by atoms with Gasteiger partial charge in [0.1, 0.15) is 0 Å². The van der Waals surface area contributed by atoms with Crippen molar-refractivity contribution < 1.29 is 0 Å². The van der Waals surface area contributed by atoms with Gasteiger partial charge in [0, 0.05) is 11.4 Å².